The van der Waals surface area contributed by atoms with Crippen LogP contribution in [0.2, 0.25) is 0 Å². The number of aryl methyl sites for hydroxylation is 1. The van der Waals surface area contributed by atoms with Crippen molar-refractivity contribution in [3.8, 4) is 0 Å². The lowest BCUT2D eigenvalue weighted by atomic mass is 10.1. The van der Waals surface area contributed by atoms with Crippen LogP contribution >= 0.6 is 23.1 Å². The van der Waals surface area contributed by atoms with Gasteiger partial charge in [0, 0.05) is 5.69 Å². The number of carbonyl (C=O) groups is 1. The van der Waals surface area contributed by atoms with Gasteiger partial charge in [0.15, 0.2) is 0 Å². The number of aromatic nitrogens is 1. The molecular weight excluding hydrogens is 384 g/mol. The Morgan fingerprint density at radius 2 is 1.93 bits per heavy atom. The molecule has 0 radical (unpaired) electrons. The van der Waals surface area contributed by atoms with E-state index in [0.29, 0.717) is 5.92 Å². The van der Waals surface area contributed by atoms with Crippen LogP contribution in [0.5, 0.6) is 0 Å². The lowest BCUT2D eigenvalue weighted by Crippen LogP contribution is -2.12. The SMILES string of the molecule is CC(C)CCc1ccc(C(=O)c2cccs2)c(SCCCCCCN(C)C)n1. The summed E-state index contributed by atoms with van der Waals surface area (Å²) in [7, 11) is 4.25. The van der Waals surface area contributed by atoms with Crippen LogP contribution in [0.3, 0.4) is 0 Å². The topological polar surface area (TPSA) is 33.2 Å². The molecule has 28 heavy (non-hydrogen) atoms. The molecular formula is C23H34N2OS2. The fourth-order valence-electron chi connectivity index (χ4n) is 2.93. The molecule has 0 unspecified atom stereocenters. The highest BCUT2D eigenvalue weighted by molar-refractivity contribution is 7.99. The van der Waals surface area contributed by atoms with E-state index in [2.05, 4.69) is 32.8 Å². The Labute approximate surface area is 179 Å². The number of rotatable bonds is 13. The summed E-state index contributed by atoms with van der Waals surface area (Å²) in [4.78, 5) is 20.8. The van der Waals surface area contributed by atoms with E-state index >= 15 is 0 Å². The van der Waals surface area contributed by atoms with E-state index in [-0.39, 0.29) is 5.78 Å². The zero-order valence-corrected chi connectivity index (χ0v) is 19.4. The molecule has 0 aliphatic carbocycles. The van der Waals surface area contributed by atoms with Crippen LogP contribution in [0.15, 0.2) is 34.7 Å². The Balaban J connectivity index is 1.98. The molecule has 0 N–H and O–H groups in total. The summed E-state index contributed by atoms with van der Waals surface area (Å²) in [5, 5.41) is 2.87. The number of unbranched alkanes of at least 4 members (excludes halogenated alkanes) is 3. The predicted octanol–water partition coefficient (Wildman–Crippen LogP) is 6.18. The van der Waals surface area contributed by atoms with E-state index in [4.69, 9.17) is 4.98 Å². The van der Waals surface area contributed by atoms with E-state index in [1.807, 2.05) is 29.6 Å². The molecule has 0 bridgehead atoms. The molecule has 5 heteroatoms. The molecule has 2 aromatic rings. The minimum absolute atomic E-state index is 0.103. The molecule has 3 nitrogen and oxygen atoms in total. The third kappa shape index (κ3) is 8.06. The summed E-state index contributed by atoms with van der Waals surface area (Å²) < 4.78 is 0. The van der Waals surface area contributed by atoms with Crippen LogP contribution in [0.4, 0.5) is 0 Å². The first-order valence-corrected chi connectivity index (χ1v) is 12.2. The van der Waals surface area contributed by atoms with Crippen molar-refractivity contribution in [3.05, 3.63) is 45.8 Å². The highest BCUT2D eigenvalue weighted by Gasteiger charge is 2.17. The Bertz CT molecular complexity index is 711. The largest absolute Gasteiger partial charge is 0.309 e. The number of hydrogen-bond acceptors (Lipinski definition) is 5. The minimum Gasteiger partial charge on any atom is -0.309 e. The molecule has 0 saturated carbocycles. The molecule has 0 atom stereocenters. The van der Waals surface area contributed by atoms with Gasteiger partial charge in [-0.25, -0.2) is 4.98 Å². The summed E-state index contributed by atoms with van der Waals surface area (Å²) in [5.41, 5.74) is 1.86. The van der Waals surface area contributed by atoms with Gasteiger partial charge in [0.25, 0.3) is 0 Å². The van der Waals surface area contributed by atoms with Crippen molar-refractivity contribution in [2.24, 2.45) is 5.92 Å². The predicted molar refractivity (Wildman–Crippen MR) is 123 cm³/mol. The van der Waals surface area contributed by atoms with Gasteiger partial charge in [-0.2, -0.15) is 0 Å². The monoisotopic (exact) mass is 418 g/mol. The van der Waals surface area contributed by atoms with Gasteiger partial charge < -0.3 is 4.90 Å². The van der Waals surface area contributed by atoms with Gasteiger partial charge in [-0.05, 0) is 81.6 Å². The smallest absolute Gasteiger partial charge is 0.205 e. The van der Waals surface area contributed by atoms with E-state index in [0.717, 1.165) is 46.3 Å². The molecule has 2 rings (SSSR count). The quantitative estimate of drug-likeness (QED) is 0.221. The van der Waals surface area contributed by atoms with Crippen molar-refractivity contribution in [2.75, 3.05) is 26.4 Å². The summed E-state index contributed by atoms with van der Waals surface area (Å²) >= 11 is 3.25. The standard InChI is InChI=1S/C23H34N2OS2/c1-18(2)11-12-19-13-14-20(22(26)21-10-9-17-27-21)23(24-19)28-16-8-6-5-7-15-25(3)4/h9-10,13-14,17-18H,5-8,11-12,15-16H2,1-4H3. The fourth-order valence-corrected chi connectivity index (χ4v) is 4.65. The zero-order chi connectivity index (χ0) is 20.4. The van der Waals surface area contributed by atoms with Gasteiger partial charge in [-0.3, -0.25) is 4.79 Å². The summed E-state index contributed by atoms with van der Waals surface area (Å²) in [6.07, 6.45) is 7.03. The van der Waals surface area contributed by atoms with E-state index in [1.54, 1.807) is 11.8 Å². The molecule has 154 valence electrons. The third-order valence-corrected chi connectivity index (χ3v) is 6.57. The van der Waals surface area contributed by atoms with Gasteiger partial charge >= 0.3 is 0 Å². The number of hydrogen-bond donors (Lipinski definition) is 0. The molecule has 0 spiro atoms. The number of carbonyl (C=O) groups excluding carboxylic acids is 1. The van der Waals surface area contributed by atoms with Crippen LogP contribution in [-0.4, -0.2) is 42.1 Å². The fraction of sp³-hybridized carbons (Fsp3) is 0.565. The number of thioether (sulfide) groups is 1. The molecule has 0 aliphatic heterocycles. The third-order valence-electron chi connectivity index (χ3n) is 4.62. The second-order valence-corrected chi connectivity index (χ2v) is 9.99. The highest BCUT2D eigenvalue weighted by Crippen LogP contribution is 2.27. The molecule has 2 aromatic heterocycles. The second kappa shape index (κ2) is 12.4. The Morgan fingerprint density at radius 1 is 1.14 bits per heavy atom. The van der Waals surface area contributed by atoms with Crippen LogP contribution < -0.4 is 0 Å². The van der Waals surface area contributed by atoms with Crippen LogP contribution in [0, 0.1) is 5.92 Å². The molecule has 0 amide bonds. The van der Waals surface area contributed by atoms with Crippen LogP contribution in [0.25, 0.3) is 0 Å². The lowest BCUT2D eigenvalue weighted by Gasteiger charge is -2.11. The maximum Gasteiger partial charge on any atom is 0.205 e. The second-order valence-electron chi connectivity index (χ2n) is 7.96. The number of pyridine rings is 1. The van der Waals surface area contributed by atoms with Crippen molar-refractivity contribution in [1.29, 1.82) is 0 Å². The number of thiophene rings is 1. The van der Waals surface area contributed by atoms with Crippen molar-refractivity contribution < 1.29 is 4.79 Å². The first-order chi connectivity index (χ1) is 13.5. The van der Waals surface area contributed by atoms with Crippen LogP contribution in [-0.2, 0) is 6.42 Å². The van der Waals surface area contributed by atoms with Crippen molar-refractivity contribution in [2.45, 2.75) is 57.4 Å². The average Bonchev–Trinajstić information content (AvgIpc) is 3.19. The van der Waals surface area contributed by atoms with Gasteiger partial charge in [0.05, 0.1) is 10.4 Å². The van der Waals surface area contributed by atoms with E-state index in [1.165, 1.54) is 37.0 Å². The number of nitrogens with zero attached hydrogens (tertiary/aromatic N) is 2. The number of ketones is 1. The van der Waals surface area contributed by atoms with E-state index < -0.39 is 0 Å². The van der Waals surface area contributed by atoms with Crippen molar-refractivity contribution in [1.82, 2.24) is 9.88 Å². The van der Waals surface area contributed by atoms with Crippen molar-refractivity contribution in [3.63, 3.8) is 0 Å². The maximum atomic E-state index is 12.9. The molecule has 0 aromatic carbocycles. The summed E-state index contributed by atoms with van der Waals surface area (Å²) in [5.74, 6) is 1.78. The Morgan fingerprint density at radius 3 is 2.61 bits per heavy atom. The van der Waals surface area contributed by atoms with Gasteiger partial charge in [-0.1, -0.05) is 32.8 Å². The molecule has 0 fully saturated rings. The summed E-state index contributed by atoms with van der Waals surface area (Å²) in [6, 6.07) is 7.86. The van der Waals surface area contributed by atoms with Gasteiger partial charge in [0.1, 0.15) is 5.03 Å². The first kappa shape index (κ1) is 23.1. The lowest BCUT2D eigenvalue weighted by molar-refractivity contribution is 0.103. The molecule has 0 saturated heterocycles. The zero-order valence-electron chi connectivity index (χ0n) is 17.7. The van der Waals surface area contributed by atoms with Gasteiger partial charge in [0.2, 0.25) is 5.78 Å². The van der Waals surface area contributed by atoms with Crippen LogP contribution in [0.1, 0.15) is 66.9 Å². The minimum atomic E-state index is 0.103. The summed E-state index contributed by atoms with van der Waals surface area (Å²) in [6.45, 7) is 5.63. The van der Waals surface area contributed by atoms with Gasteiger partial charge in [-0.15, -0.1) is 23.1 Å². The Kier molecular flexibility index (Phi) is 10.2. The molecule has 0 aliphatic rings. The normalized spacial score (nSPS) is 11.5. The highest BCUT2D eigenvalue weighted by atomic mass is 32.2. The first-order valence-electron chi connectivity index (χ1n) is 10.3. The Hall–Kier alpha value is -1.17. The maximum absolute atomic E-state index is 12.9. The average molecular weight is 419 g/mol. The van der Waals surface area contributed by atoms with E-state index in [9.17, 15) is 4.79 Å². The molecule has 2 heterocycles. The van der Waals surface area contributed by atoms with Crippen molar-refractivity contribution >= 4 is 28.9 Å².